The van der Waals surface area contributed by atoms with E-state index in [0.717, 1.165) is 17.3 Å². The number of nitrogens with one attached hydrogen (secondary N) is 1. The zero-order chi connectivity index (χ0) is 22.8. The number of rotatable bonds is 9. The second kappa shape index (κ2) is 9.30. The number of carbonyl (C=O) groups excluding carboxylic acids is 3. The van der Waals surface area contributed by atoms with Gasteiger partial charge >= 0.3 is 5.97 Å². The van der Waals surface area contributed by atoms with Crippen LogP contribution in [0.15, 0.2) is 33.3 Å². The first kappa shape index (κ1) is 22.3. The Morgan fingerprint density at radius 1 is 1.38 bits per heavy atom. The topological polar surface area (TPSA) is 173 Å². The Kier molecular flexibility index (Phi) is 6.48. The largest absolute Gasteiger partial charge is 0.477 e. The maximum Gasteiger partial charge on any atom is 0.352 e. The summed E-state index contributed by atoms with van der Waals surface area (Å²) in [6.45, 7) is -0.200. The molecular weight excluding hydrogens is 478 g/mol. The molecule has 2 aliphatic rings. The summed E-state index contributed by atoms with van der Waals surface area (Å²) in [6, 6.07) is 1.07. The summed E-state index contributed by atoms with van der Waals surface area (Å²) in [7, 11) is 0. The van der Waals surface area contributed by atoms with Gasteiger partial charge in [-0.05, 0) is 38.4 Å². The Balaban J connectivity index is 1.44. The van der Waals surface area contributed by atoms with Crippen molar-refractivity contribution in [3.05, 3.63) is 33.7 Å². The maximum atomic E-state index is 12.7. The number of carboxylic acids is 1. The van der Waals surface area contributed by atoms with Crippen LogP contribution in [0, 0.1) is 0 Å². The molecule has 1 saturated heterocycles. The first-order chi connectivity index (χ1) is 15.3. The molecule has 15 heteroatoms. The second-order valence-electron chi connectivity index (χ2n) is 6.89. The number of carbonyl (C=O) groups is 4. The van der Waals surface area contributed by atoms with Crippen LogP contribution in [-0.4, -0.2) is 76.8 Å². The molecule has 2 atom stereocenters. The van der Waals surface area contributed by atoms with Gasteiger partial charge in [0.1, 0.15) is 23.7 Å². The van der Waals surface area contributed by atoms with Gasteiger partial charge in [0.05, 0.1) is 6.42 Å². The van der Waals surface area contributed by atoms with E-state index in [4.69, 9.17) is 5.73 Å². The standard InChI is InChI=1S/C17H17N7O5S3/c18-10(25)4-23-17(20-21-22-23)32-7-9-6-31-15-12(14(27)24(15)13(9)16(28)29)19-11(26)3-8-1-2-30-5-8/h1-2,5,12,15H,3-4,6-7H2,(H2,18,25)(H,19,26)(H,28,29)/t12?,15-/m0/s1. The van der Waals surface area contributed by atoms with E-state index in [1.165, 1.54) is 32.7 Å². The third-order valence-electron chi connectivity index (χ3n) is 4.69. The van der Waals surface area contributed by atoms with Crippen molar-refractivity contribution in [2.45, 2.75) is 29.5 Å². The quantitative estimate of drug-likeness (QED) is 0.298. The zero-order valence-electron chi connectivity index (χ0n) is 16.3. The number of β-lactam (4-membered cyclic amide) rings is 1. The van der Waals surface area contributed by atoms with Crippen LogP contribution in [0.2, 0.25) is 0 Å². The van der Waals surface area contributed by atoms with Crippen LogP contribution in [0.4, 0.5) is 0 Å². The fraction of sp³-hybridized carbons (Fsp3) is 0.353. The number of hydrogen-bond acceptors (Lipinski definition) is 10. The summed E-state index contributed by atoms with van der Waals surface area (Å²) in [5.41, 5.74) is 6.45. The lowest BCUT2D eigenvalue weighted by Gasteiger charge is -2.49. The van der Waals surface area contributed by atoms with Gasteiger partial charge in [-0.15, -0.1) is 16.9 Å². The molecule has 2 aromatic heterocycles. The number of carboxylic acid groups (broad SMARTS) is 1. The molecule has 1 fully saturated rings. The first-order valence-electron chi connectivity index (χ1n) is 9.23. The number of fused-ring (bicyclic) bond motifs is 1. The number of aliphatic carboxylic acids is 1. The number of hydrogen-bond donors (Lipinski definition) is 3. The summed E-state index contributed by atoms with van der Waals surface area (Å²) >= 11 is 4.01. The molecule has 168 valence electrons. The molecule has 4 N–H and O–H groups in total. The summed E-state index contributed by atoms with van der Waals surface area (Å²) in [6.07, 6.45) is 0.161. The molecular formula is C17H17N7O5S3. The number of nitrogens with zero attached hydrogens (tertiary/aromatic N) is 5. The highest BCUT2D eigenvalue weighted by atomic mass is 32.2. The van der Waals surface area contributed by atoms with E-state index >= 15 is 0 Å². The van der Waals surface area contributed by atoms with Crippen molar-refractivity contribution in [2.24, 2.45) is 5.73 Å². The minimum Gasteiger partial charge on any atom is -0.477 e. The van der Waals surface area contributed by atoms with Crippen LogP contribution in [0.25, 0.3) is 0 Å². The van der Waals surface area contributed by atoms with Crippen molar-refractivity contribution in [2.75, 3.05) is 11.5 Å². The number of tetrazole rings is 1. The second-order valence-corrected chi connectivity index (χ2v) is 9.72. The predicted molar refractivity (Wildman–Crippen MR) is 115 cm³/mol. The summed E-state index contributed by atoms with van der Waals surface area (Å²) in [5.74, 6) is -2.01. The average molecular weight is 496 g/mol. The summed E-state index contributed by atoms with van der Waals surface area (Å²) in [5, 5.41) is 27.0. The number of amides is 3. The van der Waals surface area contributed by atoms with Crippen molar-refractivity contribution in [1.29, 1.82) is 0 Å². The number of thiophene rings is 1. The van der Waals surface area contributed by atoms with Gasteiger partial charge in [-0.2, -0.15) is 11.3 Å². The van der Waals surface area contributed by atoms with E-state index in [2.05, 4.69) is 20.8 Å². The molecule has 4 heterocycles. The number of thioether (sulfide) groups is 2. The highest BCUT2D eigenvalue weighted by Crippen LogP contribution is 2.41. The molecule has 2 aromatic rings. The number of aromatic nitrogens is 4. The van der Waals surface area contributed by atoms with Crippen molar-refractivity contribution >= 4 is 58.6 Å². The fourth-order valence-electron chi connectivity index (χ4n) is 3.30. The van der Waals surface area contributed by atoms with Gasteiger partial charge in [-0.25, -0.2) is 9.48 Å². The Morgan fingerprint density at radius 3 is 2.88 bits per heavy atom. The smallest absolute Gasteiger partial charge is 0.352 e. The van der Waals surface area contributed by atoms with Crippen LogP contribution < -0.4 is 11.1 Å². The van der Waals surface area contributed by atoms with Gasteiger partial charge in [0.15, 0.2) is 0 Å². The molecule has 32 heavy (non-hydrogen) atoms. The van der Waals surface area contributed by atoms with Crippen LogP contribution in [-0.2, 0) is 32.1 Å². The molecule has 4 rings (SSSR count). The van der Waals surface area contributed by atoms with Gasteiger partial charge in [-0.1, -0.05) is 11.8 Å². The fourth-order valence-corrected chi connectivity index (χ4v) is 6.33. The van der Waals surface area contributed by atoms with Crippen molar-refractivity contribution in [3.63, 3.8) is 0 Å². The average Bonchev–Trinajstić information content (AvgIpc) is 3.41. The molecule has 3 amide bonds. The lowest BCUT2D eigenvalue weighted by molar-refractivity contribution is -0.150. The molecule has 0 aliphatic carbocycles. The molecule has 12 nitrogen and oxygen atoms in total. The molecule has 0 aromatic carbocycles. The Labute approximate surface area is 193 Å². The van der Waals surface area contributed by atoms with E-state index in [9.17, 15) is 24.3 Å². The zero-order valence-corrected chi connectivity index (χ0v) is 18.8. The predicted octanol–water partition coefficient (Wildman–Crippen LogP) is -0.707. The van der Waals surface area contributed by atoms with Crippen LogP contribution in [0.3, 0.4) is 0 Å². The van der Waals surface area contributed by atoms with E-state index in [0.29, 0.717) is 16.5 Å². The summed E-state index contributed by atoms with van der Waals surface area (Å²) < 4.78 is 1.22. The highest BCUT2D eigenvalue weighted by molar-refractivity contribution is 8.01. The van der Waals surface area contributed by atoms with Crippen molar-refractivity contribution in [1.82, 2.24) is 30.4 Å². The number of nitrogens with two attached hydrogens (primary N) is 1. The monoisotopic (exact) mass is 495 g/mol. The lowest BCUT2D eigenvalue weighted by atomic mass is 10.0. The van der Waals surface area contributed by atoms with Gasteiger partial charge in [-0.3, -0.25) is 19.3 Å². The Bertz CT molecular complexity index is 1100. The van der Waals surface area contributed by atoms with Gasteiger partial charge in [0, 0.05) is 11.5 Å². The first-order valence-corrected chi connectivity index (χ1v) is 12.2. The van der Waals surface area contributed by atoms with E-state index < -0.39 is 29.2 Å². The molecule has 1 unspecified atom stereocenters. The maximum absolute atomic E-state index is 12.7. The third-order valence-corrected chi connectivity index (χ3v) is 7.81. The highest BCUT2D eigenvalue weighted by Gasteiger charge is 2.54. The Morgan fingerprint density at radius 2 is 2.19 bits per heavy atom. The van der Waals surface area contributed by atoms with Crippen LogP contribution in [0.1, 0.15) is 5.56 Å². The van der Waals surface area contributed by atoms with E-state index in [1.54, 1.807) is 0 Å². The van der Waals surface area contributed by atoms with E-state index in [1.807, 2.05) is 16.8 Å². The lowest BCUT2D eigenvalue weighted by Crippen LogP contribution is -2.70. The SMILES string of the molecule is NC(=O)Cn1nnnc1SCC1=C(C(=O)O)N2C(=O)C(NC(=O)Cc3ccsc3)[C@@H]2SC1. The minimum absolute atomic E-state index is 0.0940. The third kappa shape index (κ3) is 4.49. The van der Waals surface area contributed by atoms with Crippen LogP contribution in [0.5, 0.6) is 0 Å². The molecule has 0 radical (unpaired) electrons. The van der Waals surface area contributed by atoms with Crippen molar-refractivity contribution in [3.8, 4) is 0 Å². The minimum atomic E-state index is -1.22. The summed E-state index contributed by atoms with van der Waals surface area (Å²) in [4.78, 5) is 49.3. The Hall–Kier alpha value is -2.91. The molecule has 0 saturated carbocycles. The molecule has 0 spiro atoms. The molecule has 2 aliphatic heterocycles. The van der Waals surface area contributed by atoms with Gasteiger partial charge in [0.25, 0.3) is 5.91 Å². The molecule has 0 bridgehead atoms. The van der Waals surface area contributed by atoms with Crippen LogP contribution >= 0.6 is 34.9 Å². The van der Waals surface area contributed by atoms with Gasteiger partial charge < -0.3 is 16.2 Å². The number of primary amides is 1. The normalized spacial score (nSPS) is 20.0. The van der Waals surface area contributed by atoms with Gasteiger partial charge in [0.2, 0.25) is 17.0 Å². The van der Waals surface area contributed by atoms with E-state index in [-0.39, 0.29) is 30.3 Å². The van der Waals surface area contributed by atoms with Crippen molar-refractivity contribution < 1.29 is 24.3 Å².